The third-order valence-electron chi connectivity index (χ3n) is 3.56. The van der Waals surface area contributed by atoms with E-state index in [4.69, 9.17) is 15.3 Å². The molecule has 0 aromatic heterocycles. The maximum absolute atomic E-state index is 5.83. The van der Waals surface area contributed by atoms with Crippen LogP contribution in [0.5, 0.6) is 5.75 Å². The summed E-state index contributed by atoms with van der Waals surface area (Å²) in [6, 6.07) is 6.22. The third kappa shape index (κ3) is 2.51. The molecule has 1 aromatic carbocycles. The molecule has 4 heteroatoms. The predicted molar refractivity (Wildman–Crippen MR) is 71.4 cm³/mol. The van der Waals surface area contributed by atoms with Gasteiger partial charge in [0.05, 0.1) is 18.8 Å². The van der Waals surface area contributed by atoms with E-state index < -0.39 is 0 Å². The molecule has 1 heterocycles. The summed E-state index contributed by atoms with van der Waals surface area (Å²) in [4.78, 5) is 0. The quantitative estimate of drug-likeness (QED) is 0.619. The number of hydrazine groups is 1. The zero-order chi connectivity index (χ0) is 13.0. The Kier molecular flexibility index (Phi) is 4.58. The molecule has 0 amide bonds. The van der Waals surface area contributed by atoms with Crippen LogP contribution in [0.2, 0.25) is 0 Å². The fourth-order valence-corrected chi connectivity index (χ4v) is 2.60. The number of fused-ring (bicyclic) bond motifs is 1. The second-order valence-corrected chi connectivity index (χ2v) is 4.61. The first-order chi connectivity index (χ1) is 8.81. The summed E-state index contributed by atoms with van der Waals surface area (Å²) in [7, 11) is 1.72. The maximum atomic E-state index is 5.83. The topological polar surface area (TPSA) is 56.5 Å². The first-order valence-electron chi connectivity index (χ1n) is 6.55. The molecule has 2 atom stereocenters. The Morgan fingerprint density at radius 1 is 1.50 bits per heavy atom. The molecule has 0 aliphatic carbocycles. The van der Waals surface area contributed by atoms with E-state index in [1.54, 1.807) is 7.11 Å². The smallest absolute Gasteiger partial charge is 0.127 e. The highest BCUT2D eigenvalue weighted by Crippen LogP contribution is 2.34. The first-order valence-corrected chi connectivity index (χ1v) is 6.55. The Bertz CT molecular complexity index is 391. The molecule has 2 unspecified atom stereocenters. The minimum absolute atomic E-state index is 0.0342. The van der Waals surface area contributed by atoms with Gasteiger partial charge in [-0.25, -0.2) is 0 Å². The SMILES string of the molecule is CCC(OC)C(NN)c1cccc2c1OCCC2. The Hall–Kier alpha value is -1.10. The highest BCUT2D eigenvalue weighted by molar-refractivity contribution is 5.44. The Morgan fingerprint density at radius 3 is 3.00 bits per heavy atom. The number of aryl methyl sites for hydroxylation is 1. The van der Waals surface area contributed by atoms with Crippen molar-refractivity contribution in [2.45, 2.75) is 38.3 Å². The molecule has 0 radical (unpaired) electrons. The monoisotopic (exact) mass is 250 g/mol. The normalized spacial score (nSPS) is 17.7. The summed E-state index contributed by atoms with van der Waals surface area (Å²) in [5.74, 6) is 6.69. The number of ether oxygens (including phenoxy) is 2. The average Bonchev–Trinajstić information content (AvgIpc) is 2.44. The molecule has 100 valence electrons. The second-order valence-electron chi connectivity index (χ2n) is 4.61. The number of rotatable bonds is 5. The van der Waals surface area contributed by atoms with Crippen LogP contribution in [0, 0.1) is 0 Å². The van der Waals surface area contributed by atoms with Gasteiger partial charge in [0.25, 0.3) is 0 Å². The number of nitrogens with two attached hydrogens (primary N) is 1. The molecule has 1 aliphatic heterocycles. The van der Waals surface area contributed by atoms with Gasteiger partial charge in [-0.05, 0) is 24.8 Å². The van der Waals surface area contributed by atoms with E-state index >= 15 is 0 Å². The van der Waals surface area contributed by atoms with E-state index in [1.165, 1.54) is 5.56 Å². The Labute approximate surface area is 108 Å². The summed E-state index contributed by atoms with van der Waals surface area (Å²) >= 11 is 0. The Balaban J connectivity index is 2.36. The van der Waals surface area contributed by atoms with E-state index in [0.29, 0.717) is 0 Å². The standard InChI is InChI=1S/C14H22N2O2/c1-3-12(17-2)13(16-15)11-8-4-6-10-7-5-9-18-14(10)11/h4,6,8,12-13,16H,3,5,7,9,15H2,1-2H3. The highest BCUT2D eigenvalue weighted by Gasteiger charge is 2.26. The second kappa shape index (κ2) is 6.18. The van der Waals surface area contributed by atoms with E-state index in [9.17, 15) is 0 Å². The largest absolute Gasteiger partial charge is 0.493 e. The van der Waals surface area contributed by atoms with Crippen LogP contribution in [-0.4, -0.2) is 19.8 Å². The first kappa shape index (κ1) is 13.3. The molecule has 0 spiro atoms. The number of hydrogen-bond donors (Lipinski definition) is 2. The van der Waals surface area contributed by atoms with Crippen LogP contribution < -0.4 is 16.0 Å². The molecule has 1 aromatic rings. The zero-order valence-electron chi connectivity index (χ0n) is 11.1. The summed E-state index contributed by atoms with van der Waals surface area (Å²) in [5.41, 5.74) is 5.23. The van der Waals surface area contributed by atoms with Crippen molar-refractivity contribution in [3.05, 3.63) is 29.3 Å². The van der Waals surface area contributed by atoms with E-state index in [-0.39, 0.29) is 12.1 Å². The van der Waals surface area contributed by atoms with Gasteiger partial charge in [-0.15, -0.1) is 0 Å². The molecule has 0 bridgehead atoms. The van der Waals surface area contributed by atoms with Gasteiger partial charge in [0, 0.05) is 12.7 Å². The lowest BCUT2D eigenvalue weighted by Gasteiger charge is -2.29. The van der Waals surface area contributed by atoms with Crippen LogP contribution in [0.25, 0.3) is 0 Å². The van der Waals surface area contributed by atoms with Gasteiger partial charge in [0.2, 0.25) is 0 Å². The number of methoxy groups -OCH3 is 1. The van der Waals surface area contributed by atoms with Gasteiger partial charge in [-0.2, -0.15) is 0 Å². The fourth-order valence-electron chi connectivity index (χ4n) is 2.60. The van der Waals surface area contributed by atoms with E-state index in [0.717, 1.165) is 37.2 Å². The van der Waals surface area contributed by atoms with Crippen molar-refractivity contribution >= 4 is 0 Å². The third-order valence-corrected chi connectivity index (χ3v) is 3.56. The van der Waals surface area contributed by atoms with Crippen molar-refractivity contribution in [2.75, 3.05) is 13.7 Å². The van der Waals surface area contributed by atoms with Crippen LogP contribution in [0.3, 0.4) is 0 Å². The summed E-state index contributed by atoms with van der Waals surface area (Å²) in [5, 5.41) is 0. The fraction of sp³-hybridized carbons (Fsp3) is 0.571. The minimum atomic E-state index is -0.0342. The minimum Gasteiger partial charge on any atom is -0.493 e. The van der Waals surface area contributed by atoms with Crippen LogP contribution >= 0.6 is 0 Å². The van der Waals surface area contributed by atoms with E-state index in [2.05, 4.69) is 30.5 Å². The van der Waals surface area contributed by atoms with Gasteiger partial charge in [0.1, 0.15) is 5.75 Å². The lowest BCUT2D eigenvalue weighted by molar-refractivity contribution is 0.0638. The zero-order valence-corrected chi connectivity index (χ0v) is 11.1. The van der Waals surface area contributed by atoms with Crippen molar-refractivity contribution < 1.29 is 9.47 Å². The summed E-state index contributed by atoms with van der Waals surface area (Å²) in [6.07, 6.45) is 3.10. The van der Waals surface area contributed by atoms with Crippen LogP contribution in [0.15, 0.2) is 18.2 Å². The van der Waals surface area contributed by atoms with Crippen molar-refractivity contribution in [1.82, 2.24) is 5.43 Å². The molecule has 4 nitrogen and oxygen atoms in total. The number of hydrogen-bond acceptors (Lipinski definition) is 4. The van der Waals surface area contributed by atoms with Crippen molar-refractivity contribution in [1.29, 1.82) is 0 Å². The molecular formula is C14H22N2O2. The molecule has 0 saturated heterocycles. The Morgan fingerprint density at radius 2 is 2.33 bits per heavy atom. The molecule has 2 rings (SSSR count). The van der Waals surface area contributed by atoms with Crippen LogP contribution in [-0.2, 0) is 11.2 Å². The predicted octanol–water partition coefficient (Wildman–Crippen LogP) is 1.94. The van der Waals surface area contributed by atoms with Gasteiger partial charge in [-0.1, -0.05) is 25.1 Å². The van der Waals surface area contributed by atoms with Crippen LogP contribution in [0.4, 0.5) is 0 Å². The molecule has 18 heavy (non-hydrogen) atoms. The van der Waals surface area contributed by atoms with Crippen molar-refractivity contribution in [2.24, 2.45) is 5.84 Å². The molecule has 0 fully saturated rings. The van der Waals surface area contributed by atoms with Gasteiger partial charge >= 0.3 is 0 Å². The maximum Gasteiger partial charge on any atom is 0.127 e. The van der Waals surface area contributed by atoms with Gasteiger partial charge in [0.15, 0.2) is 0 Å². The lowest BCUT2D eigenvalue weighted by atomic mass is 9.94. The number of para-hydroxylation sites is 1. The lowest BCUT2D eigenvalue weighted by Crippen LogP contribution is -2.37. The molecule has 3 N–H and O–H groups in total. The van der Waals surface area contributed by atoms with Crippen molar-refractivity contribution in [3.63, 3.8) is 0 Å². The van der Waals surface area contributed by atoms with Gasteiger partial charge in [-0.3, -0.25) is 11.3 Å². The molecular weight excluding hydrogens is 228 g/mol. The van der Waals surface area contributed by atoms with E-state index in [1.807, 2.05) is 0 Å². The van der Waals surface area contributed by atoms with Gasteiger partial charge < -0.3 is 9.47 Å². The number of nitrogens with one attached hydrogen (secondary N) is 1. The summed E-state index contributed by atoms with van der Waals surface area (Å²) < 4.78 is 11.3. The van der Waals surface area contributed by atoms with Crippen LogP contribution in [0.1, 0.15) is 36.9 Å². The highest BCUT2D eigenvalue weighted by atomic mass is 16.5. The summed E-state index contributed by atoms with van der Waals surface area (Å²) in [6.45, 7) is 2.87. The molecule has 0 saturated carbocycles. The number of benzene rings is 1. The van der Waals surface area contributed by atoms with Crippen molar-refractivity contribution in [3.8, 4) is 5.75 Å². The molecule has 1 aliphatic rings. The average molecular weight is 250 g/mol.